The van der Waals surface area contributed by atoms with E-state index in [1.54, 1.807) is 6.92 Å². The summed E-state index contributed by atoms with van der Waals surface area (Å²) in [7, 11) is 0. The van der Waals surface area contributed by atoms with Crippen LogP contribution in [0.5, 0.6) is 0 Å². The Morgan fingerprint density at radius 1 is 1.22 bits per heavy atom. The molecule has 0 aromatic heterocycles. The molecule has 0 rings (SSSR count). The van der Waals surface area contributed by atoms with Crippen LogP contribution in [0.3, 0.4) is 0 Å². The average molecular weight is 405 g/mol. The summed E-state index contributed by atoms with van der Waals surface area (Å²) in [4.78, 5) is 59.7. The summed E-state index contributed by atoms with van der Waals surface area (Å²) in [5, 5.41) is 11.1. The lowest BCUT2D eigenvalue weighted by atomic mass is 10.1. The third kappa shape index (κ3) is 9.38. The minimum Gasteiger partial charge on any atom is -0.480 e. The number of esters is 1. The number of rotatable bonds is 12. The Kier molecular flexibility index (Phi) is 12.1. The zero-order chi connectivity index (χ0) is 21.0. The van der Waals surface area contributed by atoms with Crippen LogP contribution in [-0.4, -0.2) is 70.7 Å². The van der Waals surface area contributed by atoms with Crippen molar-refractivity contribution < 1.29 is 33.8 Å². The van der Waals surface area contributed by atoms with Gasteiger partial charge in [0, 0.05) is 18.6 Å². The molecule has 0 aliphatic rings. The fourth-order valence-electron chi connectivity index (χ4n) is 1.92. The number of aliphatic carboxylic acids is 1. The van der Waals surface area contributed by atoms with Gasteiger partial charge in [-0.2, -0.15) is 12.6 Å². The number of carbonyl (C=O) groups excluding carboxylic acids is 4. The Hall–Kier alpha value is -2.14. The molecule has 2 atom stereocenters. The van der Waals surface area contributed by atoms with Crippen molar-refractivity contribution in [2.75, 3.05) is 18.9 Å². The highest BCUT2D eigenvalue weighted by atomic mass is 32.1. The van der Waals surface area contributed by atoms with E-state index in [2.05, 4.69) is 17.9 Å². The highest BCUT2D eigenvalue weighted by molar-refractivity contribution is 7.80. The maximum absolute atomic E-state index is 12.6. The molecule has 0 fully saturated rings. The lowest BCUT2D eigenvalue weighted by molar-refractivity contribution is -0.156. The number of thiol groups is 1. The molecule has 0 aromatic rings. The van der Waals surface area contributed by atoms with Crippen molar-refractivity contribution in [1.82, 2.24) is 10.2 Å². The van der Waals surface area contributed by atoms with Crippen LogP contribution in [0.25, 0.3) is 0 Å². The van der Waals surface area contributed by atoms with Gasteiger partial charge >= 0.3 is 11.9 Å². The number of hydrogen-bond donors (Lipinski definition) is 4. The van der Waals surface area contributed by atoms with Gasteiger partial charge < -0.3 is 20.9 Å². The molecule has 0 aliphatic heterocycles. The van der Waals surface area contributed by atoms with Crippen LogP contribution in [0.2, 0.25) is 0 Å². The van der Waals surface area contributed by atoms with Gasteiger partial charge in [-0.1, -0.05) is 13.8 Å². The van der Waals surface area contributed by atoms with E-state index in [4.69, 9.17) is 15.6 Å². The highest BCUT2D eigenvalue weighted by Gasteiger charge is 2.30. The minimum absolute atomic E-state index is 0.0203. The normalized spacial score (nSPS) is 12.6. The van der Waals surface area contributed by atoms with Crippen molar-refractivity contribution >= 4 is 42.3 Å². The van der Waals surface area contributed by atoms with Gasteiger partial charge in [-0.05, 0) is 12.8 Å². The Balaban J connectivity index is 4.97. The second-order valence-corrected chi connectivity index (χ2v) is 6.04. The molecule has 154 valence electrons. The van der Waals surface area contributed by atoms with Crippen molar-refractivity contribution in [2.45, 2.75) is 51.6 Å². The SMILES string of the molecule is CCCOC(=O)CN(C(=O)CC)C(=O)C(CS)NC(=O)CCC(N)C(=O)O. The van der Waals surface area contributed by atoms with Crippen LogP contribution in [0.1, 0.15) is 39.5 Å². The second-order valence-electron chi connectivity index (χ2n) is 5.68. The molecule has 27 heavy (non-hydrogen) atoms. The number of carboxylic acids is 1. The van der Waals surface area contributed by atoms with Crippen molar-refractivity contribution in [2.24, 2.45) is 5.73 Å². The molecule has 0 aliphatic carbocycles. The lowest BCUT2D eigenvalue weighted by Gasteiger charge is -2.25. The first-order valence-corrected chi connectivity index (χ1v) is 9.19. The molecule has 0 bridgehead atoms. The number of carbonyl (C=O) groups is 5. The predicted octanol–water partition coefficient (Wildman–Crippen LogP) is -0.688. The molecule has 11 heteroatoms. The molecule has 4 N–H and O–H groups in total. The third-order valence-electron chi connectivity index (χ3n) is 3.44. The van der Waals surface area contributed by atoms with Crippen molar-refractivity contribution in [1.29, 1.82) is 0 Å². The molecule has 3 amide bonds. The number of nitrogens with two attached hydrogens (primary N) is 1. The molecular formula is C16H27N3O7S. The van der Waals surface area contributed by atoms with Crippen LogP contribution in [0, 0.1) is 0 Å². The summed E-state index contributed by atoms with van der Waals surface area (Å²) < 4.78 is 4.89. The molecule has 0 saturated carbocycles. The molecule has 0 aromatic carbocycles. The molecule has 0 radical (unpaired) electrons. The summed E-state index contributed by atoms with van der Waals surface area (Å²) in [5.41, 5.74) is 5.32. The molecule has 0 heterocycles. The standard InChI is InChI=1S/C16H27N3O7S/c1-3-7-26-14(22)8-19(13(21)4-2)15(23)11(9-27)18-12(20)6-5-10(17)16(24)25/h10-11,27H,3-9,17H2,1-2H3,(H,18,20)(H,24,25). The topological polar surface area (TPSA) is 156 Å². The molecule has 0 saturated heterocycles. The van der Waals surface area contributed by atoms with E-state index in [1.165, 1.54) is 6.92 Å². The summed E-state index contributed by atoms with van der Waals surface area (Å²) in [6.07, 6.45) is 0.240. The first-order chi connectivity index (χ1) is 12.7. The van der Waals surface area contributed by atoms with Crippen molar-refractivity contribution in [3.05, 3.63) is 0 Å². The van der Waals surface area contributed by atoms with Gasteiger partial charge in [0.2, 0.25) is 11.8 Å². The summed E-state index contributed by atoms with van der Waals surface area (Å²) in [6.45, 7) is 2.94. The first kappa shape index (κ1) is 24.9. The summed E-state index contributed by atoms with van der Waals surface area (Å²) in [6, 6.07) is -2.36. The predicted molar refractivity (Wildman–Crippen MR) is 98.9 cm³/mol. The van der Waals surface area contributed by atoms with Gasteiger partial charge in [0.15, 0.2) is 0 Å². The maximum atomic E-state index is 12.6. The van der Waals surface area contributed by atoms with Crippen LogP contribution in [0.4, 0.5) is 0 Å². The van der Waals surface area contributed by atoms with Gasteiger partial charge in [0.1, 0.15) is 18.6 Å². The Morgan fingerprint density at radius 3 is 2.33 bits per heavy atom. The van der Waals surface area contributed by atoms with Crippen molar-refractivity contribution in [3.8, 4) is 0 Å². The van der Waals surface area contributed by atoms with E-state index in [0.29, 0.717) is 6.42 Å². The molecule has 2 unspecified atom stereocenters. The second kappa shape index (κ2) is 13.1. The number of carboxylic acid groups (broad SMARTS) is 1. The van der Waals surface area contributed by atoms with Gasteiger partial charge in [-0.25, -0.2) is 0 Å². The molecular weight excluding hydrogens is 378 g/mol. The van der Waals surface area contributed by atoms with Crippen molar-refractivity contribution in [3.63, 3.8) is 0 Å². The monoisotopic (exact) mass is 405 g/mol. The van der Waals surface area contributed by atoms with Crippen LogP contribution in [-0.2, 0) is 28.7 Å². The van der Waals surface area contributed by atoms with E-state index < -0.39 is 48.3 Å². The zero-order valence-corrected chi connectivity index (χ0v) is 16.4. The zero-order valence-electron chi connectivity index (χ0n) is 15.5. The van der Waals surface area contributed by atoms with E-state index in [9.17, 15) is 24.0 Å². The van der Waals surface area contributed by atoms with E-state index >= 15 is 0 Å². The smallest absolute Gasteiger partial charge is 0.326 e. The highest BCUT2D eigenvalue weighted by Crippen LogP contribution is 2.04. The van der Waals surface area contributed by atoms with E-state index in [1.807, 2.05) is 0 Å². The first-order valence-electron chi connectivity index (χ1n) is 8.56. The molecule has 10 nitrogen and oxygen atoms in total. The van der Waals surface area contributed by atoms with E-state index in [-0.39, 0.29) is 31.6 Å². The largest absolute Gasteiger partial charge is 0.480 e. The van der Waals surface area contributed by atoms with Crippen LogP contribution in [0.15, 0.2) is 0 Å². The third-order valence-corrected chi connectivity index (χ3v) is 3.80. The van der Waals surface area contributed by atoms with Gasteiger partial charge in [-0.15, -0.1) is 0 Å². The number of nitrogens with zero attached hydrogens (tertiary/aromatic N) is 1. The van der Waals surface area contributed by atoms with Gasteiger partial charge in [0.05, 0.1) is 6.61 Å². The van der Waals surface area contributed by atoms with Crippen LogP contribution < -0.4 is 11.1 Å². The maximum Gasteiger partial charge on any atom is 0.326 e. The lowest BCUT2D eigenvalue weighted by Crippen LogP contribution is -2.53. The van der Waals surface area contributed by atoms with Crippen LogP contribution >= 0.6 is 12.6 Å². The number of amides is 3. The fourth-order valence-corrected chi connectivity index (χ4v) is 2.17. The quantitative estimate of drug-likeness (QED) is 0.246. The van der Waals surface area contributed by atoms with Gasteiger partial charge in [0.25, 0.3) is 5.91 Å². The summed E-state index contributed by atoms with van der Waals surface area (Å²) >= 11 is 4.00. The molecule has 0 spiro atoms. The Bertz CT molecular complexity index is 556. The summed E-state index contributed by atoms with van der Waals surface area (Å²) in [5.74, 6) is -4.09. The van der Waals surface area contributed by atoms with Gasteiger partial charge in [-0.3, -0.25) is 28.9 Å². The number of imide groups is 1. The number of nitrogens with one attached hydrogen (secondary N) is 1. The minimum atomic E-state index is -1.24. The number of ether oxygens (including phenoxy) is 1. The average Bonchev–Trinajstić information content (AvgIpc) is 2.65. The Morgan fingerprint density at radius 2 is 1.85 bits per heavy atom. The Labute approximate surface area is 163 Å². The fraction of sp³-hybridized carbons (Fsp3) is 0.688. The van der Waals surface area contributed by atoms with E-state index in [0.717, 1.165) is 4.90 Å². The number of hydrogen-bond acceptors (Lipinski definition) is 8.